The van der Waals surface area contributed by atoms with Crippen LogP contribution in [0, 0.1) is 0 Å². The first-order chi connectivity index (χ1) is 8.63. The van der Waals surface area contributed by atoms with Crippen LogP contribution in [0.25, 0.3) is 0 Å². The number of anilines is 1. The van der Waals surface area contributed by atoms with Gasteiger partial charge in [0.2, 0.25) is 0 Å². The third-order valence-corrected chi connectivity index (χ3v) is 2.38. The number of amides is 1. The molecule has 6 heteroatoms. The first kappa shape index (κ1) is 14.4. The molecule has 1 atom stereocenters. The molecule has 1 amide bonds. The highest BCUT2D eigenvalue weighted by Crippen LogP contribution is 2.03. The van der Waals surface area contributed by atoms with Crippen LogP contribution in [0.3, 0.4) is 0 Å². The second kappa shape index (κ2) is 7.60. The Morgan fingerprint density at radius 2 is 2.22 bits per heavy atom. The Balaban J connectivity index is 2.38. The average Bonchev–Trinajstić information content (AvgIpc) is 2.35. The predicted molar refractivity (Wildman–Crippen MR) is 71.4 cm³/mol. The third-order valence-electron chi connectivity index (χ3n) is 2.38. The lowest BCUT2D eigenvalue weighted by molar-refractivity contribution is 0.0950. The number of nitrogens with one attached hydrogen (secondary N) is 2. The molecule has 0 bridgehead atoms. The van der Waals surface area contributed by atoms with Crippen molar-refractivity contribution in [1.29, 1.82) is 0 Å². The highest BCUT2D eigenvalue weighted by atomic mass is 16.1. The lowest BCUT2D eigenvalue weighted by Gasteiger charge is -2.07. The van der Waals surface area contributed by atoms with E-state index >= 15 is 0 Å². The lowest BCUT2D eigenvalue weighted by atomic mass is 10.2. The molecule has 100 valence electrons. The number of rotatable bonds is 7. The van der Waals surface area contributed by atoms with E-state index in [9.17, 15) is 4.79 Å². The van der Waals surface area contributed by atoms with Gasteiger partial charge in [0.15, 0.2) is 5.69 Å². The first-order valence-corrected chi connectivity index (χ1v) is 6.25. The number of aromatic nitrogens is 2. The van der Waals surface area contributed by atoms with E-state index < -0.39 is 0 Å². The van der Waals surface area contributed by atoms with E-state index in [0.717, 1.165) is 19.4 Å². The van der Waals surface area contributed by atoms with Gasteiger partial charge in [0.05, 0.1) is 0 Å². The van der Waals surface area contributed by atoms with Crippen molar-refractivity contribution in [2.24, 2.45) is 5.73 Å². The summed E-state index contributed by atoms with van der Waals surface area (Å²) in [6, 6.07) is 3.63. The molecule has 0 aromatic carbocycles. The molecule has 0 aliphatic rings. The van der Waals surface area contributed by atoms with Crippen molar-refractivity contribution < 1.29 is 4.79 Å². The minimum absolute atomic E-state index is 0.200. The van der Waals surface area contributed by atoms with Crippen LogP contribution < -0.4 is 16.4 Å². The van der Waals surface area contributed by atoms with Crippen LogP contribution in [0.15, 0.2) is 12.1 Å². The summed E-state index contributed by atoms with van der Waals surface area (Å²) in [6.07, 6.45) is 1.95. The molecule has 0 radical (unpaired) electrons. The van der Waals surface area contributed by atoms with Crippen molar-refractivity contribution in [3.05, 3.63) is 17.8 Å². The molecule has 0 saturated carbocycles. The Labute approximate surface area is 107 Å². The zero-order chi connectivity index (χ0) is 13.4. The fourth-order valence-electron chi connectivity index (χ4n) is 1.44. The Morgan fingerprint density at radius 3 is 2.78 bits per heavy atom. The minimum atomic E-state index is -0.200. The Morgan fingerprint density at radius 1 is 1.44 bits per heavy atom. The molecule has 0 spiro atoms. The van der Waals surface area contributed by atoms with Crippen molar-refractivity contribution >= 4 is 11.7 Å². The van der Waals surface area contributed by atoms with Crippen LogP contribution in [0.1, 0.15) is 37.2 Å². The smallest absolute Gasteiger partial charge is 0.271 e. The SMILES string of the molecule is CCNC(=O)c1ccc(NCCCC(C)N)nn1. The highest BCUT2D eigenvalue weighted by molar-refractivity contribution is 5.92. The molecule has 4 N–H and O–H groups in total. The standard InChI is InChI=1S/C12H21N5O/c1-3-14-12(18)10-6-7-11(17-16-10)15-8-4-5-9(2)13/h6-7,9H,3-5,8,13H2,1-2H3,(H,14,18)(H,15,17). The van der Waals surface area contributed by atoms with Crippen molar-refractivity contribution in [2.45, 2.75) is 32.7 Å². The van der Waals surface area contributed by atoms with Crippen LogP contribution in [0.2, 0.25) is 0 Å². The van der Waals surface area contributed by atoms with Gasteiger partial charge in [-0.3, -0.25) is 4.79 Å². The van der Waals surface area contributed by atoms with Gasteiger partial charge in [-0.25, -0.2) is 0 Å². The van der Waals surface area contributed by atoms with Crippen LogP contribution in [-0.2, 0) is 0 Å². The largest absolute Gasteiger partial charge is 0.369 e. The van der Waals surface area contributed by atoms with Crippen molar-refractivity contribution in [1.82, 2.24) is 15.5 Å². The summed E-state index contributed by atoms with van der Waals surface area (Å²) >= 11 is 0. The molecule has 0 aliphatic heterocycles. The van der Waals surface area contributed by atoms with Gasteiger partial charge in [0, 0.05) is 19.1 Å². The topological polar surface area (TPSA) is 92.9 Å². The molecule has 0 fully saturated rings. The van der Waals surface area contributed by atoms with Gasteiger partial charge < -0.3 is 16.4 Å². The first-order valence-electron chi connectivity index (χ1n) is 6.25. The Kier molecular flexibility index (Phi) is 6.07. The van der Waals surface area contributed by atoms with E-state index in [1.165, 1.54) is 0 Å². The van der Waals surface area contributed by atoms with Crippen LogP contribution in [0.5, 0.6) is 0 Å². The fraction of sp³-hybridized carbons (Fsp3) is 0.583. The second-order valence-electron chi connectivity index (χ2n) is 4.21. The molecule has 1 unspecified atom stereocenters. The molecule has 18 heavy (non-hydrogen) atoms. The van der Waals surface area contributed by atoms with E-state index in [1.54, 1.807) is 12.1 Å². The zero-order valence-electron chi connectivity index (χ0n) is 10.9. The fourth-order valence-corrected chi connectivity index (χ4v) is 1.44. The molecular formula is C12H21N5O. The molecule has 1 aromatic heterocycles. The summed E-state index contributed by atoms with van der Waals surface area (Å²) in [5, 5.41) is 13.6. The maximum atomic E-state index is 11.4. The van der Waals surface area contributed by atoms with Gasteiger partial charge in [0.1, 0.15) is 5.82 Å². The zero-order valence-corrected chi connectivity index (χ0v) is 10.9. The van der Waals surface area contributed by atoms with E-state index in [4.69, 9.17) is 5.73 Å². The molecule has 1 heterocycles. The second-order valence-corrected chi connectivity index (χ2v) is 4.21. The van der Waals surface area contributed by atoms with Crippen molar-refractivity contribution in [3.8, 4) is 0 Å². The quantitative estimate of drug-likeness (QED) is 0.622. The Bertz CT molecular complexity index is 363. The van der Waals surface area contributed by atoms with Gasteiger partial charge in [0.25, 0.3) is 5.91 Å². The molecule has 0 aliphatic carbocycles. The summed E-state index contributed by atoms with van der Waals surface area (Å²) in [7, 11) is 0. The average molecular weight is 251 g/mol. The van der Waals surface area contributed by atoms with Gasteiger partial charge in [-0.05, 0) is 38.8 Å². The number of nitrogens with zero attached hydrogens (tertiary/aromatic N) is 2. The van der Waals surface area contributed by atoms with Gasteiger partial charge >= 0.3 is 0 Å². The van der Waals surface area contributed by atoms with Crippen molar-refractivity contribution in [2.75, 3.05) is 18.4 Å². The normalized spacial score (nSPS) is 11.9. The number of nitrogens with two attached hydrogens (primary N) is 1. The molecule has 1 rings (SSSR count). The van der Waals surface area contributed by atoms with Crippen LogP contribution in [-0.4, -0.2) is 35.2 Å². The predicted octanol–water partition coefficient (Wildman–Crippen LogP) is 0.766. The molecular weight excluding hydrogens is 230 g/mol. The highest BCUT2D eigenvalue weighted by Gasteiger charge is 2.06. The van der Waals surface area contributed by atoms with Crippen LogP contribution in [0.4, 0.5) is 5.82 Å². The summed E-state index contributed by atoms with van der Waals surface area (Å²) < 4.78 is 0. The molecule has 0 saturated heterocycles. The summed E-state index contributed by atoms with van der Waals surface area (Å²) in [4.78, 5) is 11.4. The summed E-state index contributed by atoms with van der Waals surface area (Å²) in [6.45, 7) is 5.23. The summed E-state index contributed by atoms with van der Waals surface area (Å²) in [5.41, 5.74) is 5.98. The van der Waals surface area contributed by atoms with E-state index in [0.29, 0.717) is 18.1 Å². The third kappa shape index (κ3) is 5.09. The number of hydrogen-bond donors (Lipinski definition) is 3. The number of carbonyl (C=O) groups excluding carboxylic acids is 1. The van der Waals surface area contributed by atoms with E-state index in [1.807, 2.05) is 13.8 Å². The number of carbonyl (C=O) groups is 1. The van der Waals surface area contributed by atoms with Gasteiger partial charge in [-0.15, -0.1) is 10.2 Å². The maximum absolute atomic E-state index is 11.4. The number of hydrogen-bond acceptors (Lipinski definition) is 5. The monoisotopic (exact) mass is 251 g/mol. The molecule has 1 aromatic rings. The lowest BCUT2D eigenvalue weighted by Crippen LogP contribution is -2.24. The van der Waals surface area contributed by atoms with E-state index in [2.05, 4.69) is 20.8 Å². The van der Waals surface area contributed by atoms with E-state index in [-0.39, 0.29) is 11.9 Å². The van der Waals surface area contributed by atoms with Crippen LogP contribution >= 0.6 is 0 Å². The van der Waals surface area contributed by atoms with Gasteiger partial charge in [-0.2, -0.15) is 0 Å². The van der Waals surface area contributed by atoms with Crippen molar-refractivity contribution in [3.63, 3.8) is 0 Å². The Hall–Kier alpha value is -1.69. The summed E-state index contributed by atoms with van der Waals surface area (Å²) in [5.74, 6) is 0.473. The minimum Gasteiger partial charge on any atom is -0.369 e. The maximum Gasteiger partial charge on any atom is 0.271 e. The molecule has 6 nitrogen and oxygen atoms in total. The van der Waals surface area contributed by atoms with Gasteiger partial charge in [-0.1, -0.05) is 0 Å².